The lowest BCUT2D eigenvalue weighted by molar-refractivity contribution is -0.147. The molecular formula is C31H41Cl3N4O2. The van der Waals surface area contributed by atoms with Gasteiger partial charge in [-0.1, -0.05) is 47.3 Å². The van der Waals surface area contributed by atoms with Crippen LogP contribution in [0.2, 0.25) is 15.1 Å². The van der Waals surface area contributed by atoms with Crippen LogP contribution in [0.3, 0.4) is 0 Å². The van der Waals surface area contributed by atoms with Crippen LogP contribution in [0.4, 0.5) is 0 Å². The summed E-state index contributed by atoms with van der Waals surface area (Å²) < 4.78 is 0. The first-order valence-corrected chi connectivity index (χ1v) is 15.4. The molecule has 4 rings (SSSR count). The average Bonchev–Trinajstić information content (AvgIpc) is 2.97. The minimum Gasteiger partial charge on any atom is -0.347 e. The highest BCUT2D eigenvalue weighted by Crippen LogP contribution is 2.34. The molecule has 6 nitrogen and oxygen atoms in total. The molecule has 0 radical (unpaired) electrons. The fourth-order valence-electron chi connectivity index (χ4n) is 6.24. The Hall–Kier alpha value is -1.83. The molecule has 2 amide bonds. The van der Waals surface area contributed by atoms with Gasteiger partial charge in [0.2, 0.25) is 5.91 Å². The quantitative estimate of drug-likeness (QED) is 0.336. The maximum atomic E-state index is 13.5. The van der Waals surface area contributed by atoms with E-state index in [0.29, 0.717) is 27.2 Å². The van der Waals surface area contributed by atoms with Crippen molar-refractivity contribution in [1.29, 1.82) is 0 Å². The second-order valence-electron chi connectivity index (χ2n) is 11.5. The number of amides is 2. The van der Waals surface area contributed by atoms with Gasteiger partial charge in [0, 0.05) is 57.3 Å². The first-order chi connectivity index (χ1) is 19.1. The molecule has 2 aliphatic heterocycles. The van der Waals surface area contributed by atoms with Crippen molar-refractivity contribution >= 4 is 46.6 Å². The molecule has 2 aromatic rings. The van der Waals surface area contributed by atoms with Gasteiger partial charge in [-0.05, 0) is 93.7 Å². The highest BCUT2D eigenvalue weighted by atomic mass is 35.5. The lowest BCUT2D eigenvalue weighted by Gasteiger charge is -2.50. The van der Waals surface area contributed by atoms with Gasteiger partial charge >= 0.3 is 0 Å². The molecule has 1 atom stereocenters. The van der Waals surface area contributed by atoms with Crippen LogP contribution in [0, 0.1) is 0 Å². The smallest absolute Gasteiger partial charge is 0.253 e. The number of carbonyl (C=O) groups excluding carboxylic acids is 2. The zero-order chi connectivity index (χ0) is 28.9. The van der Waals surface area contributed by atoms with E-state index in [1.165, 1.54) is 19.3 Å². The summed E-state index contributed by atoms with van der Waals surface area (Å²) in [6, 6.07) is 12.7. The Morgan fingerprint density at radius 2 is 1.52 bits per heavy atom. The van der Waals surface area contributed by atoms with Gasteiger partial charge in [-0.2, -0.15) is 0 Å². The number of likely N-dealkylation sites (N-methyl/N-ethyl adjacent to an activating group) is 2. The number of hydrogen-bond acceptors (Lipinski definition) is 4. The molecule has 0 saturated carbocycles. The van der Waals surface area contributed by atoms with Crippen molar-refractivity contribution in [2.24, 2.45) is 0 Å². The molecule has 218 valence electrons. The van der Waals surface area contributed by atoms with Gasteiger partial charge in [-0.3, -0.25) is 14.5 Å². The number of rotatable bonds is 9. The van der Waals surface area contributed by atoms with Crippen molar-refractivity contribution in [3.05, 3.63) is 68.7 Å². The monoisotopic (exact) mass is 606 g/mol. The normalized spacial score (nSPS) is 18.8. The molecule has 0 spiro atoms. The maximum Gasteiger partial charge on any atom is 0.253 e. The van der Waals surface area contributed by atoms with Gasteiger partial charge in [-0.25, -0.2) is 0 Å². The lowest BCUT2D eigenvalue weighted by atomic mass is 9.82. The van der Waals surface area contributed by atoms with Crippen LogP contribution in [0.25, 0.3) is 0 Å². The number of halogens is 3. The minimum atomic E-state index is -0.394. The zero-order valence-electron chi connectivity index (χ0n) is 23.8. The molecule has 0 aromatic heterocycles. The summed E-state index contributed by atoms with van der Waals surface area (Å²) in [5.41, 5.74) is 1.28. The second-order valence-corrected chi connectivity index (χ2v) is 12.7. The third kappa shape index (κ3) is 7.32. The Kier molecular flexibility index (Phi) is 10.8. The predicted molar refractivity (Wildman–Crippen MR) is 165 cm³/mol. The number of benzene rings is 2. The molecule has 0 aliphatic carbocycles. The van der Waals surface area contributed by atoms with E-state index < -0.39 is 5.54 Å². The third-order valence-electron chi connectivity index (χ3n) is 8.59. The largest absolute Gasteiger partial charge is 0.347 e. The summed E-state index contributed by atoms with van der Waals surface area (Å²) in [5, 5.41) is 1.64. The standard InChI is InChI=1S/C31H41Cl3N4O2/c1-35(2)30(40)31(38-16-5-4-6-17-38)14-19-37(20-15-31)18-13-25(24-9-12-27(33)28(34)21-24)22-36(3)29(39)23-7-10-26(32)11-8-23/h7-12,21,25H,4-6,13-20,22H2,1-3H3. The number of nitrogens with zero attached hydrogens (tertiary/aromatic N) is 4. The van der Waals surface area contributed by atoms with Crippen molar-refractivity contribution in [3.63, 3.8) is 0 Å². The zero-order valence-corrected chi connectivity index (χ0v) is 26.1. The fraction of sp³-hybridized carbons (Fsp3) is 0.548. The van der Waals surface area contributed by atoms with Gasteiger partial charge in [0.1, 0.15) is 5.54 Å². The van der Waals surface area contributed by atoms with E-state index in [2.05, 4.69) is 9.80 Å². The summed E-state index contributed by atoms with van der Waals surface area (Å²) >= 11 is 18.6. The first kappa shape index (κ1) is 31.1. The van der Waals surface area contributed by atoms with Crippen molar-refractivity contribution < 1.29 is 9.59 Å². The molecule has 2 aromatic carbocycles. The Morgan fingerprint density at radius 1 is 0.875 bits per heavy atom. The highest BCUT2D eigenvalue weighted by molar-refractivity contribution is 6.42. The molecule has 0 N–H and O–H groups in total. The van der Waals surface area contributed by atoms with E-state index in [-0.39, 0.29) is 17.7 Å². The first-order valence-electron chi connectivity index (χ1n) is 14.3. The van der Waals surface area contributed by atoms with E-state index in [0.717, 1.165) is 57.5 Å². The van der Waals surface area contributed by atoms with Gasteiger partial charge in [0.05, 0.1) is 10.0 Å². The molecular weight excluding hydrogens is 567 g/mol. The molecule has 2 saturated heterocycles. The highest BCUT2D eigenvalue weighted by Gasteiger charge is 2.47. The van der Waals surface area contributed by atoms with Gasteiger partial charge in [-0.15, -0.1) is 0 Å². The van der Waals surface area contributed by atoms with Crippen LogP contribution in [0.15, 0.2) is 42.5 Å². The van der Waals surface area contributed by atoms with Crippen LogP contribution in [0.1, 0.15) is 60.4 Å². The van der Waals surface area contributed by atoms with Gasteiger partial charge < -0.3 is 14.7 Å². The van der Waals surface area contributed by atoms with Crippen molar-refractivity contribution in [3.8, 4) is 0 Å². The van der Waals surface area contributed by atoms with Crippen molar-refractivity contribution in [2.75, 3.05) is 60.4 Å². The minimum absolute atomic E-state index is 0.0480. The fourth-order valence-corrected chi connectivity index (χ4v) is 6.68. The van der Waals surface area contributed by atoms with Gasteiger partial charge in [0.15, 0.2) is 0 Å². The number of likely N-dealkylation sites (tertiary alicyclic amines) is 2. The summed E-state index contributed by atoms with van der Waals surface area (Å²) in [6.45, 7) is 5.19. The van der Waals surface area contributed by atoms with E-state index in [1.807, 2.05) is 39.3 Å². The lowest BCUT2D eigenvalue weighted by Crippen LogP contribution is -2.64. The summed E-state index contributed by atoms with van der Waals surface area (Å²) in [7, 11) is 5.59. The summed E-state index contributed by atoms with van der Waals surface area (Å²) in [6.07, 6.45) is 6.13. The Balaban J connectivity index is 1.45. The van der Waals surface area contributed by atoms with E-state index in [9.17, 15) is 9.59 Å². The van der Waals surface area contributed by atoms with Crippen LogP contribution in [-0.4, -0.2) is 97.4 Å². The summed E-state index contributed by atoms with van der Waals surface area (Å²) in [5.74, 6) is 0.270. The number of hydrogen-bond donors (Lipinski definition) is 0. The van der Waals surface area contributed by atoms with Crippen LogP contribution < -0.4 is 0 Å². The third-order valence-corrected chi connectivity index (χ3v) is 9.58. The number of carbonyl (C=O) groups is 2. The molecule has 2 fully saturated rings. The summed E-state index contributed by atoms with van der Waals surface area (Å²) in [4.78, 5) is 35.1. The molecule has 9 heteroatoms. The SMILES string of the molecule is CN(C)C(=O)C1(N2CCCCC2)CCN(CCC(CN(C)C(=O)c2ccc(Cl)cc2)c2ccc(Cl)c(Cl)c2)CC1. The second kappa shape index (κ2) is 13.9. The van der Waals surface area contributed by atoms with E-state index >= 15 is 0 Å². The molecule has 1 unspecified atom stereocenters. The Morgan fingerprint density at radius 3 is 2.12 bits per heavy atom. The van der Waals surface area contributed by atoms with Crippen molar-refractivity contribution in [1.82, 2.24) is 19.6 Å². The Bertz CT molecular complexity index is 1160. The van der Waals surface area contributed by atoms with Crippen LogP contribution in [-0.2, 0) is 4.79 Å². The van der Waals surface area contributed by atoms with E-state index in [1.54, 1.807) is 34.1 Å². The van der Waals surface area contributed by atoms with Crippen LogP contribution in [0.5, 0.6) is 0 Å². The molecule has 2 aliphatic rings. The molecule has 0 bridgehead atoms. The average molecular weight is 608 g/mol. The Labute approximate surface area is 254 Å². The topological polar surface area (TPSA) is 47.1 Å². The van der Waals surface area contributed by atoms with Crippen LogP contribution >= 0.6 is 34.8 Å². The maximum absolute atomic E-state index is 13.5. The van der Waals surface area contributed by atoms with Gasteiger partial charge in [0.25, 0.3) is 5.91 Å². The van der Waals surface area contributed by atoms with E-state index in [4.69, 9.17) is 34.8 Å². The van der Waals surface area contributed by atoms with Crippen molar-refractivity contribution in [2.45, 2.75) is 50.0 Å². The number of piperidine rings is 2. The molecule has 40 heavy (non-hydrogen) atoms. The predicted octanol–water partition coefficient (Wildman–Crippen LogP) is 6.30. The molecule has 2 heterocycles.